The molecule has 0 N–H and O–H groups in total. The number of ether oxygens (including phenoxy) is 1. The van der Waals surface area contributed by atoms with E-state index >= 15 is 0 Å². The van der Waals surface area contributed by atoms with E-state index in [9.17, 15) is 0 Å². The maximum atomic E-state index is 5.19. The van der Waals surface area contributed by atoms with E-state index in [1.165, 1.54) is 0 Å². The summed E-state index contributed by atoms with van der Waals surface area (Å²) in [4.78, 5) is 8.43. The van der Waals surface area contributed by atoms with E-state index in [0.29, 0.717) is 0 Å². The van der Waals surface area contributed by atoms with Crippen LogP contribution < -0.4 is 4.74 Å². The van der Waals surface area contributed by atoms with Gasteiger partial charge in [-0.15, -0.1) is 0 Å². The van der Waals surface area contributed by atoms with E-state index in [-0.39, 0.29) is 0 Å². The molecule has 0 atom stereocenters. The van der Waals surface area contributed by atoms with Gasteiger partial charge in [-0.1, -0.05) is 12.1 Å². The largest absolute Gasteiger partial charge is 0.494 e. The fourth-order valence-corrected chi connectivity index (χ4v) is 1.28. The maximum Gasteiger partial charge on any atom is 0.145 e. The summed E-state index contributed by atoms with van der Waals surface area (Å²) >= 11 is 0. The first-order chi connectivity index (χ1) is 6.31. The zero-order valence-corrected chi connectivity index (χ0v) is 7.61. The number of aromatic nitrogens is 2. The Bertz CT molecular complexity index is 440. The highest BCUT2D eigenvalue weighted by Gasteiger charge is 2.01. The lowest BCUT2D eigenvalue weighted by Gasteiger charge is -2.03. The molecule has 66 valence electrons. The van der Waals surface area contributed by atoms with Crippen molar-refractivity contribution in [3.8, 4) is 5.75 Å². The number of fused-ring (bicyclic) bond motifs is 1. The van der Waals surface area contributed by atoms with Gasteiger partial charge in [0.1, 0.15) is 17.1 Å². The molecule has 0 radical (unpaired) electrons. The third-order valence-electron chi connectivity index (χ3n) is 1.91. The second-order valence-electron chi connectivity index (χ2n) is 2.82. The summed E-state index contributed by atoms with van der Waals surface area (Å²) in [6.45, 7) is 1.87. The molecule has 2 aromatic rings. The molecule has 3 nitrogen and oxygen atoms in total. The summed E-state index contributed by atoms with van der Waals surface area (Å²) in [6.07, 6.45) is 1.81. The Morgan fingerprint density at radius 3 is 2.92 bits per heavy atom. The normalized spacial score (nSPS) is 10.3. The molecule has 0 saturated heterocycles. The summed E-state index contributed by atoms with van der Waals surface area (Å²) < 4.78 is 5.19. The van der Waals surface area contributed by atoms with Gasteiger partial charge in [0.05, 0.1) is 7.11 Å². The van der Waals surface area contributed by atoms with Crippen LogP contribution in [0.4, 0.5) is 0 Å². The quantitative estimate of drug-likeness (QED) is 0.662. The molecule has 13 heavy (non-hydrogen) atoms. The Labute approximate surface area is 76.4 Å². The van der Waals surface area contributed by atoms with Crippen molar-refractivity contribution < 1.29 is 4.74 Å². The molecule has 3 heteroatoms. The van der Waals surface area contributed by atoms with Crippen LogP contribution in [0.2, 0.25) is 0 Å². The first-order valence-electron chi connectivity index (χ1n) is 4.07. The van der Waals surface area contributed by atoms with E-state index in [2.05, 4.69) is 9.97 Å². The molecule has 0 aliphatic heterocycles. The van der Waals surface area contributed by atoms with Crippen LogP contribution in [-0.2, 0) is 0 Å². The Balaban J connectivity index is 2.79. The SMILES string of the molecule is COc1cccc2cnc(C)nc12. The molecule has 0 amide bonds. The van der Waals surface area contributed by atoms with Crippen molar-refractivity contribution in [1.82, 2.24) is 9.97 Å². The van der Waals surface area contributed by atoms with Crippen LogP contribution in [0.15, 0.2) is 24.4 Å². The highest BCUT2D eigenvalue weighted by atomic mass is 16.5. The number of aryl methyl sites for hydroxylation is 1. The van der Waals surface area contributed by atoms with Gasteiger partial charge in [-0.3, -0.25) is 0 Å². The van der Waals surface area contributed by atoms with Crippen LogP contribution >= 0.6 is 0 Å². The van der Waals surface area contributed by atoms with Gasteiger partial charge in [-0.25, -0.2) is 9.97 Å². The van der Waals surface area contributed by atoms with Crippen molar-refractivity contribution >= 4 is 10.9 Å². The van der Waals surface area contributed by atoms with E-state index in [1.807, 2.05) is 25.1 Å². The number of para-hydroxylation sites is 1. The first-order valence-corrected chi connectivity index (χ1v) is 4.07. The monoisotopic (exact) mass is 174 g/mol. The number of nitrogens with zero attached hydrogens (tertiary/aromatic N) is 2. The van der Waals surface area contributed by atoms with Crippen LogP contribution in [0.1, 0.15) is 5.82 Å². The highest BCUT2D eigenvalue weighted by molar-refractivity contribution is 5.83. The minimum absolute atomic E-state index is 0.761. The third kappa shape index (κ3) is 1.33. The van der Waals surface area contributed by atoms with Gasteiger partial charge in [0, 0.05) is 11.6 Å². The maximum absolute atomic E-state index is 5.19. The minimum Gasteiger partial charge on any atom is -0.494 e. The number of hydrogen-bond acceptors (Lipinski definition) is 3. The second-order valence-corrected chi connectivity index (χ2v) is 2.82. The van der Waals surface area contributed by atoms with Gasteiger partial charge in [-0.2, -0.15) is 0 Å². The average Bonchev–Trinajstić information content (AvgIpc) is 2.17. The predicted octanol–water partition coefficient (Wildman–Crippen LogP) is 1.95. The summed E-state index contributed by atoms with van der Waals surface area (Å²) in [5.74, 6) is 1.56. The number of benzene rings is 1. The smallest absolute Gasteiger partial charge is 0.145 e. The second kappa shape index (κ2) is 3.01. The topological polar surface area (TPSA) is 35.0 Å². The molecule has 2 rings (SSSR count). The van der Waals surface area contributed by atoms with Crippen molar-refractivity contribution in [2.24, 2.45) is 0 Å². The Morgan fingerprint density at radius 1 is 1.31 bits per heavy atom. The molecule has 0 saturated carbocycles. The Morgan fingerprint density at radius 2 is 2.15 bits per heavy atom. The van der Waals surface area contributed by atoms with Crippen LogP contribution in [0.25, 0.3) is 10.9 Å². The van der Waals surface area contributed by atoms with Crippen LogP contribution in [0.3, 0.4) is 0 Å². The van der Waals surface area contributed by atoms with Gasteiger partial charge in [0.2, 0.25) is 0 Å². The average molecular weight is 174 g/mol. The lowest BCUT2D eigenvalue weighted by molar-refractivity contribution is 0.418. The van der Waals surface area contributed by atoms with Crippen LogP contribution in [0.5, 0.6) is 5.75 Å². The van der Waals surface area contributed by atoms with E-state index in [1.54, 1.807) is 13.3 Å². The summed E-state index contributed by atoms with van der Waals surface area (Å²) in [7, 11) is 1.65. The van der Waals surface area contributed by atoms with Crippen LogP contribution in [0, 0.1) is 6.92 Å². The number of methoxy groups -OCH3 is 1. The molecule has 1 aromatic heterocycles. The Hall–Kier alpha value is -1.64. The standard InChI is InChI=1S/C10H10N2O/c1-7-11-6-8-4-3-5-9(13-2)10(8)12-7/h3-6H,1-2H3. The molecular weight excluding hydrogens is 164 g/mol. The molecule has 0 aliphatic carbocycles. The first kappa shape index (κ1) is 7.98. The van der Waals surface area contributed by atoms with Crippen LogP contribution in [-0.4, -0.2) is 17.1 Å². The number of rotatable bonds is 1. The summed E-state index contributed by atoms with van der Waals surface area (Å²) in [5, 5.41) is 1.00. The molecule has 0 aliphatic rings. The lowest BCUT2D eigenvalue weighted by Crippen LogP contribution is -1.91. The van der Waals surface area contributed by atoms with E-state index in [0.717, 1.165) is 22.5 Å². The fraction of sp³-hybridized carbons (Fsp3) is 0.200. The zero-order chi connectivity index (χ0) is 9.26. The van der Waals surface area contributed by atoms with Gasteiger partial charge in [0.25, 0.3) is 0 Å². The van der Waals surface area contributed by atoms with E-state index < -0.39 is 0 Å². The highest BCUT2D eigenvalue weighted by Crippen LogP contribution is 2.22. The summed E-state index contributed by atoms with van der Waals surface area (Å²) in [6, 6.07) is 5.80. The van der Waals surface area contributed by atoms with Gasteiger partial charge in [-0.05, 0) is 13.0 Å². The molecule has 0 bridgehead atoms. The van der Waals surface area contributed by atoms with Gasteiger partial charge >= 0.3 is 0 Å². The number of hydrogen-bond donors (Lipinski definition) is 0. The molecule has 0 unspecified atom stereocenters. The molecule has 0 spiro atoms. The molecule has 1 aromatic carbocycles. The molecular formula is C10H10N2O. The van der Waals surface area contributed by atoms with Crippen molar-refractivity contribution in [2.45, 2.75) is 6.92 Å². The predicted molar refractivity (Wildman–Crippen MR) is 50.8 cm³/mol. The van der Waals surface area contributed by atoms with Crippen molar-refractivity contribution in [2.75, 3.05) is 7.11 Å². The molecule has 0 fully saturated rings. The van der Waals surface area contributed by atoms with E-state index in [4.69, 9.17) is 4.74 Å². The fourth-order valence-electron chi connectivity index (χ4n) is 1.28. The molecule has 1 heterocycles. The Kier molecular flexibility index (Phi) is 1.85. The minimum atomic E-state index is 0.761. The van der Waals surface area contributed by atoms with Crippen molar-refractivity contribution in [3.63, 3.8) is 0 Å². The van der Waals surface area contributed by atoms with Crippen molar-refractivity contribution in [3.05, 3.63) is 30.2 Å². The summed E-state index contributed by atoms with van der Waals surface area (Å²) in [5.41, 5.74) is 0.873. The van der Waals surface area contributed by atoms with Gasteiger partial charge < -0.3 is 4.74 Å². The lowest BCUT2D eigenvalue weighted by atomic mass is 10.2. The van der Waals surface area contributed by atoms with Crippen molar-refractivity contribution in [1.29, 1.82) is 0 Å². The third-order valence-corrected chi connectivity index (χ3v) is 1.91. The van der Waals surface area contributed by atoms with Gasteiger partial charge in [0.15, 0.2) is 0 Å². The zero-order valence-electron chi connectivity index (χ0n) is 7.61.